The van der Waals surface area contributed by atoms with Crippen LogP contribution in [0.3, 0.4) is 0 Å². The van der Waals surface area contributed by atoms with E-state index in [1.54, 1.807) is 12.5 Å². The van der Waals surface area contributed by atoms with E-state index in [4.69, 9.17) is 5.73 Å². The Kier molecular flexibility index (Phi) is 4.35. The third-order valence-electron chi connectivity index (χ3n) is 1.14. The number of nitrogens with two attached hydrogens (primary N) is 1. The number of hydrogen-bond acceptors (Lipinski definition) is 2. The fourth-order valence-corrected chi connectivity index (χ4v) is 0.619. The standard InChI is InChI=1S/C7H9N3.ClH/c1-10-6-9-5-7(10)3-2-4-8;/h5-6H,4,8H2,1H3;1H. The van der Waals surface area contributed by atoms with Crippen molar-refractivity contribution in [1.29, 1.82) is 0 Å². The van der Waals surface area contributed by atoms with E-state index in [9.17, 15) is 0 Å². The predicted octanol–water partition coefficient (Wildman–Crippen LogP) is 0.152. The van der Waals surface area contributed by atoms with Crippen LogP contribution in [-0.2, 0) is 7.05 Å². The van der Waals surface area contributed by atoms with Gasteiger partial charge >= 0.3 is 0 Å². The summed E-state index contributed by atoms with van der Waals surface area (Å²) in [5.74, 6) is 5.63. The molecule has 0 aliphatic carbocycles. The van der Waals surface area contributed by atoms with Crippen LogP contribution >= 0.6 is 12.4 Å². The van der Waals surface area contributed by atoms with Crippen molar-refractivity contribution in [2.45, 2.75) is 0 Å². The molecule has 0 radical (unpaired) electrons. The van der Waals surface area contributed by atoms with Gasteiger partial charge in [-0.2, -0.15) is 0 Å². The fourth-order valence-electron chi connectivity index (χ4n) is 0.619. The Hall–Kier alpha value is -0.980. The van der Waals surface area contributed by atoms with Gasteiger partial charge in [0.05, 0.1) is 19.1 Å². The zero-order chi connectivity index (χ0) is 7.40. The number of halogens is 1. The summed E-state index contributed by atoms with van der Waals surface area (Å²) in [5, 5.41) is 0. The van der Waals surface area contributed by atoms with Crippen molar-refractivity contribution < 1.29 is 0 Å². The summed E-state index contributed by atoms with van der Waals surface area (Å²) in [6.07, 6.45) is 3.42. The van der Waals surface area contributed by atoms with Gasteiger partial charge in [0.15, 0.2) is 0 Å². The first kappa shape index (κ1) is 10.0. The summed E-state index contributed by atoms with van der Waals surface area (Å²) in [5.41, 5.74) is 6.09. The Labute approximate surface area is 72.0 Å². The molecule has 0 spiro atoms. The summed E-state index contributed by atoms with van der Waals surface area (Å²) in [6, 6.07) is 0. The second-order valence-corrected chi connectivity index (χ2v) is 1.90. The summed E-state index contributed by atoms with van der Waals surface area (Å²) < 4.78 is 1.85. The molecule has 0 aromatic carbocycles. The van der Waals surface area contributed by atoms with E-state index in [0.717, 1.165) is 5.69 Å². The minimum atomic E-state index is 0. The van der Waals surface area contributed by atoms with E-state index in [-0.39, 0.29) is 12.4 Å². The summed E-state index contributed by atoms with van der Waals surface area (Å²) in [6.45, 7) is 0.394. The zero-order valence-corrected chi connectivity index (χ0v) is 7.06. The molecule has 4 heteroatoms. The van der Waals surface area contributed by atoms with Crippen LogP contribution in [0.15, 0.2) is 12.5 Å². The van der Waals surface area contributed by atoms with Crippen LogP contribution in [0.25, 0.3) is 0 Å². The molecule has 0 saturated carbocycles. The van der Waals surface area contributed by atoms with E-state index in [0.29, 0.717) is 6.54 Å². The maximum Gasteiger partial charge on any atom is 0.111 e. The second-order valence-electron chi connectivity index (χ2n) is 1.90. The van der Waals surface area contributed by atoms with Crippen molar-refractivity contribution >= 4 is 12.4 Å². The van der Waals surface area contributed by atoms with Crippen LogP contribution in [0.2, 0.25) is 0 Å². The van der Waals surface area contributed by atoms with E-state index in [1.807, 2.05) is 11.6 Å². The molecule has 60 valence electrons. The minimum Gasteiger partial charge on any atom is -0.327 e. The maximum absolute atomic E-state index is 5.19. The third-order valence-corrected chi connectivity index (χ3v) is 1.14. The summed E-state index contributed by atoms with van der Waals surface area (Å²) in [4.78, 5) is 3.89. The largest absolute Gasteiger partial charge is 0.327 e. The summed E-state index contributed by atoms with van der Waals surface area (Å²) >= 11 is 0. The molecule has 0 aliphatic heterocycles. The first-order chi connectivity index (χ1) is 4.84. The van der Waals surface area contributed by atoms with Crippen LogP contribution < -0.4 is 5.73 Å². The lowest BCUT2D eigenvalue weighted by molar-refractivity contribution is 0.899. The highest BCUT2D eigenvalue weighted by atomic mass is 35.5. The smallest absolute Gasteiger partial charge is 0.111 e. The number of rotatable bonds is 0. The average molecular weight is 172 g/mol. The first-order valence-electron chi connectivity index (χ1n) is 3.00. The normalized spacial score (nSPS) is 7.82. The Balaban J connectivity index is 0.000001000. The van der Waals surface area contributed by atoms with Crippen molar-refractivity contribution in [2.24, 2.45) is 12.8 Å². The highest BCUT2D eigenvalue weighted by Gasteiger charge is 1.88. The lowest BCUT2D eigenvalue weighted by atomic mass is 10.4. The van der Waals surface area contributed by atoms with Crippen LogP contribution in [0.1, 0.15) is 5.69 Å². The fraction of sp³-hybridized carbons (Fsp3) is 0.286. The molecule has 11 heavy (non-hydrogen) atoms. The van der Waals surface area contributed by atoms with Gasteiger partial charge in [0.25, 0.3) is 0 Å². The molecule has 0 saturated heterocycles. The van der Waals surface area contributed by atoms with Crippen LogP contribution in [0.5, 0.6) is 0 Å². The lowest BCUT2D eigenvalue weighted by Crippen LogP contribution is -1.94. The minimum absolute atomic E-state index is 0. The molecule has 0 bridgehead atoms. The van der Waals surface area contributed by atoms with Gasteiger partial charge in [-0.25, -0.2) is 4.98 Å². The first-order valence-corrected chi connectivity index (χ1v) is 3.00. The Bertz CT molecular complexity index is 269. The molecule has 1 aromatic rings. The van der Waals surface area contributed by atoms with Gasteiger partial charge in [0.1, 0.15) is 5.69 Å². The van der Waals surface area contributed by atoms with E-state index in [2.05, 4.69) is 16.8 Å². The zero-order valence-electron chi connectivity index (χ0n) is 6.24. The molecular weight excluding hydrogens is 162 g/mol. The summed E-state index contributed by atoms with van der Waals surface area (Å²) in [7, 11) is 1.90. The van der Waals surface area contributed by atoms with Crippen LogP contribution in [-0.4, -0.2) is 16.1 Å². The molecule has 0 atom stereocenters. The predicted molar refractivity (Wildman–Crippen MR) is 46.4 cm³/mol. The second kappa shape index (κ2) is 4.78. The van der Waals surface area contributed by atoms with E-state index < -0.39 is 0 Å². The Morgan fingerprint density at radius 1 is 1.73 bits per heavy atom. The third kappa shape index (κ3) is 2.62. The van der Waals surface area contributed by atoms with Crippen LogP contribution in [0.4, 0.5) is 0 Å². The number of imidazole rings is 1. The topological polar surface area (TPSA) is 43.8 Å². The molecule has 2 N–H and O–H groups in total. The van der Waals surface area contributed by atoms with Crippen molar-refractivity contribution in [3.8, 4) is 11.8 Å². The van der Waals surface area contributed by atoms with Gasteiger partial charge in [-0.1, -0.05) is 5.92 Å². The van der Waals surface area contributed by atoms with Crippen molar-refractivity contribution in [3.63, 3.8) is 0 Å². The number of nitrogens with zero attached hydrogens (tertiary/aromatic N) is 2. The molecule has 0 amide bonds. The van der Waals surface area contributed by atoms with Gasteiger partial charge in [-0.05, 0) is 5.92 Å². The van der Waals surface area contributed by atoms with Gasteiger partial charge in [0, 0.05) is 7.05 Å². The van der Waals surface area contributed by atoms with Gasteiger partial charge in [0.2, 0.25) is 0 Å². The molecule has 1 aromatic heterocycles. The van der Waals surface area contributed by atoms with Crippen LogP contribution in [0, 0.1) is 11.8 Å². The quantitative estimate of drug-likeness (QED) is 0.565. The van der Waals surface area contributed by atoms with E-state index >= 15 is 0 Å². The van der Waals surface area contributed by atoms with Crippen molar-refractivity contribution in [2.75, 3.05) is 6.54 Å². The highest BCUT2D eigenvalue weighted by molar-refractivity contribution is 5.85. The molecule has 3 nitrogen and oxygen atoms in total. The van der Waals surface area contributed by atoms with Crippen molar-refractivity contribution in [1.82, 2.24) is 9.55 Å². The molecule has 0 aliphatic rings. The molecule has 1 heterocycles. The number of aromatic nitrogens is 2. The molecular formula is C7H10ClN3. The maximum atomic E-state index is 5.19. The van der Waals surface area contributed by atoms with Crippen molar-refractivity contribution in [3.05, 3.63) is 18.2 Å². The number of aryl methyl sites for hydroxylation is 1. The number of hydrogen-bond donors (Lipinski definition) is 1. The average Bonchev–Trinajstić information content (AvgIpc) is 2.31. The lowest BCUT2D eigenvalue weighted by Gasteiger charge is -1.88. The monoisotopic (exact) mass is 171 g/mol. The van der Waals surface area contributed by atoms with E-state index in [1.165, 1.54) is 0 Å². The van der Waals surface area contributed by atoms with Gasteiger partial charge in [-0.3, -0.25) is 0 Å². The highest BCUT2D eigenvalue weighted by Crippen LogP contribution is 1.90. The molecule has 1 rings (SSSR count). The molecule has 0 fully saturated rings. The van der Waals surface area contributed by atoms with Gasteiger partial charge in [-0.15, -0.1) is 12.4 Å². The Morgan fingerprint density at radius 2 is 2.45 bits per heavy atom. The van der Waals surface area contributed by atoms with Gasteiger partial charge < -0.3 is 10.3 Å². The SMILES string of the molecule is Cl.Cn1cncc1C#CCN. The Morgan fingerprint density at radius 3 is 2.91 bits per heavy atom. The molecule has 0 unspecified atom stereocenters.